The Morgan fingerprint density at radius 3 is 2.61 bits per heavy atom. The van der Waals surface area contributed by atoms with Gasteiger partial charge in [-0.3, -0.25) is 9.78 Å². The van der Waals surface area contributed by atoms with E-state index in [2.05, 4.69) is 61.1 Å². The zero-order valence-corrected chi connectivity index (χ0v) is 17.7. The van der Waals surface area contributed by atoms with Gasteiger partial charge in [0.05, 0.1) is 6.42 Å². The Morgan fingerprint density at radius 2 is 1.96 bits per heavy atom. The zero-order chi connectivity index (χ0) is 20.1. The molecule has 0 radical (unpaired) electrons. The number of rotatable bonds is 5. The number of hydrogen-bond donors (Lipinski definition) is 1. The summed E-state index contributed by atoms with van der Waals surface area (Å²) in [5.74, 6) is 0.829. The number of amides is 1. The maximum atomic E-state index is 12.4. The highest BCUT2D eigenvalue weighted by Crippen LogP contribution is 2.32. The van der Waals surface area contributed by atoms with Crippen LogP contribution in [0.4, 0.5) is 5.69 Å². The summed E-state index contributed by atoms with van der Waals surface area (Å²) in [4.78, 5) is 19.0. The van der Waals surface area contributed by atoms with Gasteiger partial charge in [-0.15, -0.1) is 0 Å². The molecule has 150 valence electrons. The third kappa shape index (κ3) is 5.34. The Morgan fingerprint density at radius 1 is 1.21 bits per heavy atom. The van der Waals surface area contributed by atoms with Gasteiger partial charge in [-0.25, -0.2) is 0 Å². The fourth-order valence-corrected chi connectivity index (χ4v) is 3.67. The van der Waals surface area contributed by atoms with Gasteiger partial charge in [0.25, 0.3) is 0 Å². The lowest BCUT2D eigenvalue weighted by atomic mass is 9.85. The summed E-state index contributed by atoms with van der Waals surface area (Å²) in [7, 11) is 0. The van der Waals surface area contributed by atoms with E-state index < -0.39 is 0 Å². The van der Waals surface area contributed by atoms with Crippen molar-refractivity contribution in [1.82, 2.24) is 10.3 Å². The fourth-order valence-electron chi connectivity index (χ4n) is 3.67. The normalized spacial score (nSPS) is 15.5. The van der Waals surface area contributed by atoms with Crippen molar-refractivity contribution < 1.29 is 4.79 Å². The largest absolute Gasteiger partial charge is 0.371 e. The van der Waals surface area contributed by atoms with Crippen LogP contribution in [0.25, 0.3) is 0 Å². The highest BCUT2D eigenvalue weighted by Gasteiger charge is 2.21. The minimum atomic E-state index is 0.0334. The van der Waals surface area contributed by atoms with Gasteiger partial charge in [-0.2, -0.15) is 0 Å². The molecule has 1 aliphatic rings. The number of carbonyl (C=O) groups excluding carboxylic acids is 1. The average molecular weight is 380 g/mol. The number of nitrogens with zero attached hydrogens (tertiary/aromatic N) is 2. The lowest BCUT2D eigenvalue weighted by molar-refractivity contribution is -0.120. The third-order valence-electron chi connectivity index (χ3n) is 5.64. The molecule has 0 unspecified atom stereocenters. The Balaban J connectivity index is 1.74. The van der Waals surface area contributed by atoms with Crippen molar-refractivity contribution in [1.29, 1.82) is 0 Å². The van der Waals surface area contributed by atoms with Crippen LogP contribution in [-0.2, 0) is 23.2 Å². The highest BCUT2D eigenvalue weighted by atomic mass is 16.1. The van der Waals surface area contributed by atoms with Gasteiger partial charge in [-0.1, -0.05) is 45.9 Å². The molecule has 1 amide bonds. The van der Waals surface area contributed by atoms with Crippen LogP contribution in [0, 0.1) is 5.92 Å². The predicted octanol–water partition coefficient (Wildman–Crippen LogP) is 4.47. The quantitative estimate of drug-likeness (QED) is 0.833. The number of hydrogen-bond acceptors (Lipinski definition) is 3. The molecule has 1 aromatic carbocycles. The molecule has 1 aliphatic heterocycles. The van der Waals surface area contributed by atoms with Crippen molar-refractivity contribution in [2.75, 3.05) is 18.0 Å². The number of pyridine rings is 1. The number of benzene rings is 1. The molecule has 1 aromatic heterocycles. The van der Waals surface area contributed by atoms with Crippen molar-refractivity contribution in [3.63, 3.8) is 0 Å². The number of carbonyl (C=O) groups is 1. The maximum absolute atomic E-state index is 12.4. The van der Waals surface area contributed by atoms with Crippen LogP contribution in [0.3, 0.4) is 0 Å². The molecule has 0 aliphatic carbocycles. The first-order valence-corrected chi connectivity index (χ1v) is 10.4. The Kier molecular flexibility index (Phi) is 6.38. The van der Waals surface area contributed by atoms with Crippen LogP contribution < -0.4 is 10.2 Å². The molecule has 0 saturated carbocycles. The van der Waals surface area contributed by atoms with Crippen LogP contribution in [0.1, 0.15) is 57.2 Å². The zero-order valence-electron chi connectivity index (χ0n) is 17.7. The van der Waals surface area contributed by atoms with E-state index in [1.807, 2.05) is 12.1 Å². The third-order valence-corrected chi connectivity index (χ3v) is 5.64. The van der Waals surface area contributed by atoms with Gasteiger partial charge in [0, 0.05) is 37.7 Å². The summed E-state index contributed by atoms with van der Waals surface area (Å²) < 4.78 is 0. The smallest absolute Gasteiger partial charge is 0.224 e. The number of anilines is 1. The molecule has 1 saturated heterocycles. The van der Waals surface area contributed by atoms with Crippen LogP contribution >= 0.6 is 0 Å². The molecule has 4 heteroatoms. The van der Waals surface area contributed by atoms with E-state index in [4.69, 9.17) is 0 Å². The van der Waals surface area contributed by atoms with Crippen LogP contribution in [0.5, 0.6) is 0 Å². The lowest BCUT2D eigenvalue weighted by Gasteiger charge is -2.34. The summed E-state index contributed by atoms with van der Waals surface area (Å²) in [6, 6.07) is 10.5. The van der Waals surface area contributed by atoms with E-state index in [1.165, 1.54) is 29.7 Å². The summed E-state index contributed by atoms with van der Waals surface area (Å²) in [6.07, 6.45) is 6.30. The molecule has 0 spiro atoms. The molecule has 1 N–H and O–H groups in total. The molecule has 1 fully saturated rings. The van der Waals surface area contributed by atoms with Crippen molar-refractivity contribution in [2.24, 2.45) is 5.92 Å². The van der Waals surface area contributed by atoms with E-state index in [0.29, 0.717) is 13.0 Å². The molecule has 2 aromatic rings. The number of nitrogens with one attached hydrogen (secondary N) is 1. The fraction of sp³-hybridized carbons (Fsp3) is 0.500. The molecular weight excluding hydrogens is 346 g/mol. The van der Waals surface area contributed by atoms with Gasteiger partial charge >= 0.3 is 0 Å². The first-order valence-electron chi connectivity index (χ1n) is 10.4. The Hall–Kier alpha value is -2.36. The van der Waals surface area contributed by atoms with Crippen LogP contribution in [-0.4, -0.2) is 24.0 Å². The summed E-state index contributed by atoms with van der Waals surface area (Å²) in [5.41, 5.74) is 4.86. The van der Waals surface area contributed by atoms with E-state index in [-0.39, 0.29) is 11.3 Å². The standard InChI is InChI=1S/C24H33N3O/c1-18-9-12-27(13-10-18)22-15-21(24(2,3)4)8-7-20(22)17-26-23(28)14-19-6-5-11-25-16-19/h5-8,11,15-16,18H,9-10,12-14,17H2,1-4H3,(H,26,28). The van der Waals surface area contributed by atoms with Gasteiger partial charge in [0.15, 0.2) is 0 Å². The Bertz CT molecular complexity index is 787. The first-order chi connectivity index (χ1) is 13.3. The average Bonchev–Trinajstić information content (AvgIpc) is 2.67. The maximum Gasteiger partial charge on any atom is 0.224 e. The molecule has 3 rings (SSSR count). The minimum absolute atomic E-state index is 0.0334. The highest BCUT2D eigenvalue weighted by molar-refractivity contribution is 5.78. The summed E-state index contributed by atoms with van der Waals surface area (Å²) in [5, 5.41) is 3.10. The summed E-state index contributed by atoms with van der Waals surface area (Å²) in [6.45, 7) is 11.8. The van der Waals surface area contributed by atoms with Gasteiger partial charge in [0.2, 0.25) is 5.91 Å². The monoisotopic (exact) mass is 379 g/mol. The Labute approximate surface area is 169 Å². The van der Waals surface area contributed by atoms with E-state index in [9.17, 15) is 4.79 Å². The SMILES string of the molecule is CC1CCN(c2cc(C(C)(C)C)ccc2CNC(=O)Cc2cccnc2)CC1. The van der Waals surface area contributed by atoms with E-state index in [1.54, 1.807) is 12.4 Å². The second-order valence-corrected chi connectivity index (χ2v) is 9.08. The van der Waals surface area contributed by atoms with Crippen LogP contribution in [0.2, 0.25) is 0 Å². The second kappa shape index (κ2) is 8.76. The van der Waals surface area contributed by atoms with E-state index >= 15 is 0 Å². The number of piperidine rings is 1. The van der Waals surface area contributed by atoms with Crippen molar-refractivity contribution in [2.45, 2.75) is 58.9 Å². The van der Waals surface area contributed by atoms with Crippen molar-refractivity contribution >= 4 is 11.6 Å². The predicted molar refractivity (Wildman–Crippen MR) is 116 cm³/mol. The number of aromatic nitrogens is 1. The molecular formula is C24H33N3O. The molecule has 0 atom stereocenters. The molecule has 0 bridgehead atoms. The molecule has 2 heterocycles. The molecule has 28 heavy (non-hydrogen) atoms. The topological polar surface area (TPSA) is 45.2 Å². The second-order valence-electron chi connectivity index (χ2n) is 9.08. The first kappa shape index (κ1) is 20.4. The van der Waals surface area contributed by atoms with Crippen molar-refractivity contribution in [3.8, 4) is 0 Å². The van der Waals surface area contributed by atoms with Gasteiger partial charge in [0.1, 0.15) is 0 Å². The van der Waals surface area contributed by atoms with Crippen molar-refractivity contribution in [3.05, 3.63) is 59.4 Å². The summed E-state index contributed by atoms with van der Waals surface area (Å²) >= 11 is 0. The van der Waals surface area contributed by atoms with Gasteiger partial charge in [-0.05, 0) is 53.0 Å². The van der Waals surface area contributed by atoms with Gasteiger partial charge < -0.3 is 10.2 Å². The lowest BCUT2D eigenvalue weighted by Crippen LogP contribution is -2.34. The molecule has 4 nitrogen and oxygen atoms in total. The van der Waals surface area contributed by atoms with E-state index in [0.717, 1.165) is 24.6 Å². The minimum Gasteiger partial charge on any atom is -0.371 e. The van der Waals surface area contributed by atoms with Crippen LogP contribution in [0.15, 0.2) is 42.7 Å².